The van der Waals surface area contributed by atoms with Gasteiger partial charge in [-0.15, -0.1) is 0 Å². The maximum Gasteiger partial charge on any atom is 0.389 e. The first kappa shape index (κ1) is 33.8. The van der Waals surface area contributed by atoms with E-state index < -0.39 is 12.6 Å². The number of nitrogens with zero attached hydrogens (tertiary/aromatic N) is 2. The van der Waals surface area contributed by atoms with Gasteiger partial charge in [0.15, 0.2) is 5.78 Å². The molecule has 2 heterocycles. The number of unbranched alkanes of at least 4 members (excludes halogenated alkanes) is 1. The summed E-state index contributed by atoms with van der Waals surface area (Å²) in [6, 6.07) is 15.9. The molecule has 2 unspecified atom stereocenters. The van der Waals surface area contributed by atoms with Crippen LogP contribution in [0.4, 0.5) is 22.0 Å². The highest BCUT2D eigenvalue weighted by Crippen LogP contribution is 2.36. The first-order valence-electron chi connectivity index (χ1n) is 16.7. The van der Waals surface area contributed by atoms with Gasteiger partial charge in [0.05, 0.1) is 5.69 Å². The Balaban J connectivity index is 1.05. The molecule has 2 aromatic heterocycles. The molecule has 1 aliphatic carbocycles. The van der Waals surface area contributed by atoms with Crippen molar-refractivity contribution in [1.82, 2.24) is 9.38 Å². The third kappa shape index (κ3) is 9.04. The number of hydrogen-bond donors (Lipinski definition) is 0. The minimum absolute atomic E-state index is 0.0138. The zero-order valence-corrected chi connectivity index (χ0v) is 26.5. The van der Waals surface area contributed by atoms with Crippen molar-refractivity contribution in [2.24, 2.45) is 5.92 Å². The van der Waals surface area contributed by atoms with Gasteiger partial charge in [-0.1, -0.05) is 56.2 Å². The Morgan fingerprint density at radius 2 is 1.67 bits per heavy atom. The van der Waals surface area contributed by atoms with Crippen LogP contribution in [0.5, 0.6) is 0 Å². The van der Waals surface area contributed by atoms with Gasteiger partial charge in [0.1, 0.15) is 23.0 Å². The summed E-state index contributed by atoms with van der Waals surface area (Å²) in [5.41, 5.74) is 5.23. The summed E-state index contributed by atoms with van der Waals surface area (Å²) in [6.07, 6.45) is 6.77. The van der Waals surface area contributed by atoms with Crippen molar-refractivity contribution >= 4 is 11.4 Å². The Morgan fingerprint density at radius 3 is 2.41 bits per heavy atom. The van der Waals surface area contributed by atoms with Crippen LogP contribution in [0.1, 0.15) is 115 Å². The lowest BCUT2D eigenvalue weighted by Gasteiger charge is -2.17. The van der Waals surface area contributed by atoms with Crippen LogP contribution in [0, 0.1) is 17.6 Å². The molecule has 2 atom stereocenters. The number of alkyl halides is 3. The summed E-state index contributed by atoms with van der Waals surface area (Å²) in [4.78, 5) is 17.4. The highest BCUT2D eigenvalue weighted by atomic mass is 19.4. The summed E-state index contributed by atoms with van der Waals surface area (Å²) in [7, 11) is 0. The molecule has 0 amide bonds. The smallest absolute Gasteiger partial charge is 0.297 e. The van der Waals surface area contributed by atoms with Gasteiger partial charge in [-0.2, -0.15) is 13.2 Å². The maximum atomic E-state index is 15.1. The van der Waals surface area contributed by atoms with E-state index in [4.69, 9.17) is 0 Å². The minimum atomic E-state index is -4.13. The second kappa shape index (κ2) is 15.4. The van der Waals surface area contributed by atoms with E-state index in [9.17, 15) is 22.4 Å². The van der Waals surface area contributed by atoms with E-state index in [1.54, 1.807) is 16.7 Å². The first-order valence-corrected chi connectivity index (χ1v) is 16.7. The summed E-state index contributed by atoms with van der Waals surface area (Å²) in [5.74, 6) is 0.388. The Kier molecular flexibility index (Phi) is 11.3. The van der Waals surface area contributed by atoms with Gasteiger partial charge in [0.25, 0.3) is 0 Å². The third-order valence-corrected chi connectivity index (χ3v) is 9.55. The molecule has 1 saturated carbocycles. The van der Waals surface area contributed by atoms with E-state index in [1.807, 2.05) is 43.3 Å². The van der Waals surface area contributed by atoms with Crippen molar-refractivity contribution in [2.45, 2.75) is 109 Å². The average Bonchev–Trinajstić information content (AvgIpc) is 3.23. The molecule has 0 N–H and O–H groups in total. The zero-order valence-electron chi connectivity index (χ0n) is 26.5. The fraction of sp³-hybridized carbons (Fsp3) is 0.474. The summed E-state index contributed by atoms with van der Waals surface area (Å²) >= 11 is 0. The predicted octanol–water partition coefficient (Wildman–Crippen LogP) is 10.6. The lowest BCUT2D eigenvalue weighted by molar-refractivity contribution is -0.134. The molecule has 5 rings (SSSR count). The van der Waals surface area contributed by atoms with Gasteiger partial charge >= 0.3 is 6.18 Å². The largest absolute Gasteiger partial charge is 0.389 e. The highest BCUT2D eigenvalue weighted by Gasteiger charge is 2.26. The molecule has 3 nitrogen and oxygen atoms in total. The van der Waals surface area contributed by atoms with E-state index in [0.29, 0.717) is 61.0 Å². The van der Waals surface area contributed by atoms with E-state index in [1.165, 1.54) is 17.7 Å². The molecule has 0 spiro atoms. The molecule has 0 radical (unpaired) electrons. The molecule has 0 aliphatic heterocycles. The number of pyridine rings is 1. The van der Waals surface area contributed by atoms with E-state index in [0.717, 1.165) is 61.6 Å². The quantitative estimate of drug-likeness (QED) is 0.0632. The number of ketones is 1. The molecular formula is C38H43F5N2O. The molecule has 0 bridgehead atoms. The number of hydrogen-bond acceptors (Lipinski definition) is 2. The number of Topliss-reactive ketones (excluding diaryl/α,β-unsaturated/α-hetero) is 1. The second-order valence-electron chi connectivity index (χ2n) is 12.9. The SMILES string of the molecule is CCc1nc2cc(F)ccn2c1C(=O)CCCCc1ccc(CCC2CCCC(c3ccc(CCC(F)(F)F)cc3)CC2)c(F)c1. The lowest BCUT2D eigenvalue weighted by Crippen LogP contribution is -2.08. The summed E-state index contributed by atoms with van der Waals surface area (Å²) in [6.45, 7) is 1.93. The average molecular weight is 639 g/mol. The summed E-state index contributed by atoms with van der Waals surface area (Å²) < 4.78 is 68.0. The van der Waals surface area contributed by atoms with Crippen LogP contribution >= 0.6 is 0 Å². The molecule has 1 aliphatic rings. The molecule has 46 heavy (non-hydrogen) atoms. The van der Waals surface area contributed by atoms with Crippen LogP contribution in [0.3, 0.4) is 0 Å². The van der Waals surface area contributed by atoms with Crippen LogP contribution in [0.25, 0.3) is 5.65 Å². The standard InChI is InChI=1S/C38H43F5N2O/c1-2-34-37(45-23-21-32(39)25-36(45)44-34)35(46)9-4-3-6-28-14-19-31(33(40)24-28)18-13-26-7-5-8-29(15-10-26)30-16-11-27(12-17-30)20-22-38(41,42)43/h11-12,14,16-17,19,21,23-26,29H,2-10,13,15,18,20,22H2,1H3. The zero-order chi connectivity index (χ0) is 32.7. The fourth-order valence-corrected chi connectivity index (χ4v) is 6.90. The number of halogens is 5. The second-order valence-corrected chi connectivity index (χ2v) is 12.9. The topological polar surface area (TPSA) is 34.4 Å². The van der Waals surface area contributed by atoms with Crippen LogP contribution in [0.2, 0.25) is 0 Å². The Labute approximate surface area is 268 Å². The van der Waals surface area contributed by atoms with E-state index in [2.05, 4.69) is 4.98 Å². The van der Waals surface area contributed by atoms with Crippen molar-refractivity contribution in [1.29, 1.82) is 0 Å². The molecule has 1 fully saturated rings. The molecule has 8 heteroatoms. The number of benzene rings is 2. The number of rotatable bonds is 13. The predicted molar refractivity (Wildman–Crippen MR) is 171 cm³/mol. The first-order chi connectivity index (χ1) is 22.1. The van der Waals surface area contributed by atoms with Crippen LogP contribution in [-0.2, 0) is 25.7 Å². The number of carbonyl (C=O) groups excluding carboxylic acids is 1. The Bertz CT molecular complexity index is 1610. The van der Waals surface area contributed by atoms with Crippen molar-refractivity contribution < 1.29 is 26.7 Å². The van der Waals surface area contributed by atoms with Crippen LogP contribution in [-0.4, -0.2) is 21.3 Å². The maximum absolute atomic E-state index is 15.1. The van der Waals surface area contributed by atoms with Crippen molar-refractivity contribution in [3.8, 4) is 0 Å². The lowest BCUT2D eigenvalue weighted by atomic mass is 9.89. The normalized spacial score (nSPS) is 17.3. The molecular weight excluding hydrogens is 595 g/mol. The number of aromatic nitrogens is 2. The van der Waals surface area contributed by atoms with Crippen molar-refractivity contribution in [3.63, 3.8) is 0 Å². The Morgan fingerprint density at radius 1 is 0.891 bits per heavy atom. The monoisotopic (exact) mass is 638 g/mol. The van der Waals surface area contributed by atoms with E-state index in [-0.39, 0.29) is 23.8 Å². The Hall–Kier alpha value is -3.55. The highest BCUT2D eigenvalue weighted by molar-refractivity contribution is 5.96. The number of imidazole rings is 1. The number of aryl methyl sites for hydroxylation is 4. The fourth-order valence-electron chi connectivity index (χ4n) is 6.90. The summed E-state index contributed by atoms with van der Waals surface area (Å²) in [5, 5.41) is 0. The van der Waals surface area contributed by atoms with Crippen LogP contribution < -0.4 is 0 Å². The van der Waals surface area contributed by atoms with Gasteiger partial charge in [-0.25, -0.2) is 13.8 Å². The van der Waals surface area contributed by atoms with Crippen molar-refractivity contribution in [3.05, 3.63) is 106 Å². The number of carbonyl (C=O) groups is 1. The molecule has 4 aromatic rings. The molecule has 2 aromatic carbocycles. The van der Waals surface area contributed by atoms with Gasteiger partial charge in [0.2, 0.25) is 0 Å². The van der Waals surface area contributed by atoms with Gasteiger partial charge in [0, 0.05) is 25.1 Å². The van der Waals surface area contributed by atoms with Gasteiger partial charge < -0.3 is 0 Å². The number of fused-ring (bicyclic) bond motifs is 1. The molecule has 0 saturated heterocycles. The molecule has 246 valence electrons. The van der Waals surface area contributed by atoms with E-state index >= 15 is 4.39 Å². The van der Waals surface area contributed by atoms with Crippen LogP contribution in [0.15, 0.2) is 60.8 Å². The van der Waals surface area contributed by atoms with Crippen molar-refractivity contribution in [2.75, 3.05) is 0 Å². The van der Waals surface area contributed by atoms with Gasteiger partial charge in [-0.3, -0.25) is 9.20 Å². The minimum Gasteiger partial charge on any atom is -0.297 e. The third-order valence-electron chi connectivity index (χ3n) is 9.55. The van der Waals surface area contributed by atoms with Gasteiger partial charge in [-0.05, 0) is 110 Å².